The lowest BCUT2D eigenvalue weighted by molar-refractivity contribution is -0.131. The molecule has 0 aromatic heterocycles. The number of nitrogens with zero attached hydrogens (tertiary/aromatic N) is 1. The van der Waals surface area contributed by atoms with E-state index in [0.29, 0.717) is 12.5 Å². The Bertz CT molecular complexity index is 544. The number of carbonyl (C=O) groups is 2. The molecule has 1 heterocycles. The highest BCUT2D eigenvalue weighted by molar-refractivity contribution is 7.98. The first-order valence-corrected chi connectivity index (χ1v) is 8.52. The Morgan fingerprint density at radius 3 is 2.67 bits per heavy atom. The molecule has 3 amide bonds. The van der Waals surface area contributed by atoms with Crippen molar-refractivity contribution in [2.45, 2.75) is 31.1 Å². The van der Waals surface area contributed by atoms with Crippen LogP contribution in [0.4, 0.5) is 4.79 Å². The third-order valence-corrected chi connectivity index (χ3v) is 5.27. The molecule has 1 aromatic rings. The third-order valence-electron chi connectivity index (χ3n) is 4.27. The summed E-state index contributed by atoms with van der Waals surface area (Å²) >= 11 is 1.75. The van der Waals surface area contributed by atoms with Gasteiger partial charge in [0, 0.05) is 18.1 Å². The van der Waals surface area contributed by atoms with E-state index in [1.807, 2.05) is 25.1 Å². The lowest BCUT2D eigenvalue weighted by Gasteiger charge is -2.20. The van der Waals surface area contributed by atoms with Gasteiger partial charge in [0.15, 0.2) is 0 Å². The van der Waals surface area contributed by atoms with Gasteiger partial charge in [-0.25, -0.2) is 4.79 Å². The van der Waals surface area contributed by atoms with Gasteiger partial charge in [-0.3, -0.25) is 9.69 Å². The molecule has 0 bridgehead atoms. The molecule has 0 radical (unpaired) electrons. The predicted octanol–water partition coefficient (Wildman–Crippen LogP) is 2.64. The second kappa shape index (κ2) is 5.72. The number of urea groups is 1. The van der Waals surface area contributed by atoms with E-state index in [2.05, 4.69) is 17.4 Å². The summed E-state index contributed by atoms with van der Waals surface area (Å²) in [5, 5.41) is 2.88. The molecule has 1 aliphatic carbocycles. The van der Waals surface area contributed by atoms with Crippen molar-refractivity contribution in [2.24, 2.45) is 5.92 Å². The first-order chi connectivity index (χ1) is 10.1. The molecule has 112 valence electrons. The van der Waals surface area contributed by atoms with Gasteiger partial charge in [-0.2, -0.15) is 11.8 Å². The minimum Gasteiger partial charge on any atom is -0.323 e. The molecule has 1 saturated carbocycles. The molecule has 5 heteroatoms. The van der Waals surface area contributed by atoms with Crippen molar-refractivity contribution in [1.29, 1.82) is 0 Å². The summed E-state index contributed by atoms with van der Waals surface area (Å²) in [6, 6.07) is 9.99. The number of amides is 3. The molecule has 21 heavy (non-hydrogen) atoms. The predicted molar refractivity (Wildman–Crippen MR) is 84.0 cm³/mol. The van der Waals surface area contributed by atoms with Crippen molar-refractivity contribution in [3.05, 3.63) is 35.9 Å². The van der Waals surface area contributed by atoms with Gasteiger partial charge >= 0.3 is 6.03 Å². The van der Waals surface area contributed by atoms with Crippen LogP contribution < -0.4 is 5.32 Å². The Kier molecular flexibility index (Phi) is 3.93. The van der Waals surface area contributed by atoms with E-state index in [1.54, 1.807) is 11.8 Å². The van der Waals surface area contributed by atoms with Crippen LogP contribution in [0.15, 0.2) is 30.3 Å². The van der Waals surface area contributed by atoms with E-state index >= 15 is 0 Å². The van der Waals surface area contributed by atoms with Gasteiger partial charge in [0.05, 0.1) is 0 Å². The number of thioether (sulfide) groups is 1. The summed E-state index contributed by atoms with van der Waals surface area (Å²) in [5.41, 5.74) is 0.615. The lowest BCUT2D eigenvalue weighted by atomic mass is 9.96. The van der Waals surface area contributed by atoms with Crippen LogP contribution in [0.25, 0.3) is 0 Å². The van der Waals surface area contributed by atoms with E-state index in [-0.39, 0.29) is 11.9 Å². The first kappa shape index (κ1) is 14.4. The van der Waals surface area contributed by atoms with Crippen molar-refractivity contribution in [3.63, 3.8) is 0 Å². The summed E-state index contributed by atoms with van der Waals surface area (Å²) < 4.78 is 0. The number of nitrogens with one attached hydrogen (secondary N) is 1. The van der Waals surface area contributed by atoms with Crippen LogP contribution in [0.1, 0.15) is 25.3 Å². The Morgan fingerprint density at radius 2 is 2.00 bits per heavy atom. The molecule has 1 atom stereocenters. The molecule has 2 aliphatic rings. The molecule has 4 nitrogen and oxygen atoms in total. The van der Waals surface area contributed by atoms with E-state index in [1.165, 1.54) is 10.5 Å². The largest absolute Gasteiger partial charge is 0.325 e. The summed E-state index contributed by atoms with van der Waals surface area (Å²) in [6.07, 6.45) is 2.08. The molecular formula is C16H20N2O2S. The van der Waals surface area contributed by atoms with Gasteiger partial charge in [0.2, 0.25) is 0 Å². The van der Waals surface area contributed by atoms with Gasteiger partial charge < -0.3 is 5.32 Å². The number of hydrogen-bond donors (Lipinski definition) is 1. The standard InChI is InChI=1S/C16H20N2O2S/c1-16(13-7-8-13)14(19)18(15(20)17-16)9-10-21-11-12-5-3-2-4-6-12/h2-6,13H,7-11H2,1H3,(H,17,20)/t16-/m0/s1. The van der Waals surface area contributed by atoms with E-state index < -0.39 is 5.54 Å². The third kappa shape index (κ3) is 2.93. The van der Waals surface area contributed by atoms with Crippen LogP contribution in [0.5, 0.6) is 0 Å². The van der Waals surface area contributed by atoms with Crippen molar-refractivity contribution in [1.82, 2.24) is 10.2 Å². The summed E-state index contributed by atoms with van der Waals surface area (Å²) in [5.74, 6) is 1.96. The number of imide groups is 1. The van der Waals surface area contributed by atoms with Crippen LogP contribution >= 0.6 is 11.8 Å². The first-order valence-electron chi connectivity index (χ1n) is 7.37. The van der Waals surface area contributed by atoms with Gasteiger partial charge in [0.25, 0.3) is 5.91 Å². The topological polar surface area (TPSA) is 49.4 Å². The maximum Gasteiger partial charge on any atom is 0.325 e. The van der Waals surface area contributed by atoms with Crippen molar-refractivity contribution in [2.75, 3.05) is 12.3 Å². The molecule has 1 N–H and O–H groups in total. The SMILES string of the molecule is C[C@@]1(C2CC2)NC(=O)N(CCSCc2ccccc2)C1=O. The van der Waals surface area contributed by atoms with Crippen molar-refractivity contribution < 1.29 is 9.59 Å². The van der Waals surface area contributed by atoms with Crippen LogP contribution in [0.3, 0.4) is 0 Å². The molecule has 1 aromatic carbocycles. The molecule has 0 spiro atoms. The zero-order valence-corrected chi connectivity index (χ0v) is 13.0. The smallest absolute Gasteiger partial charge is 0.323 e. The Balaban J connectivity index is 1.49. The van der Waals surface area contributed by atoms with Crippen LogP contribution in [-0.2, 0) is 10.5 Å². The van der Waals surface area contributed by atoms with Crippen LogP contribution in [-0.4, -0.2) is 34.7 Å². The summed E-state index contributed by atoms with van der Waals surface area (Å²) in [4.78, 5) is 25.8. The molecular weight excluding hydrogens is 284 g/mol. The van der Waals surface area contributed by atoms with Crippen LogP contribution in [0, 0.1) is 5.92 Å². The van der Waals surface area contributed by atoms with Gasteiger partial charge in [0.1, 0.15) is 5.54 Å². The quantitative estimate of drug-likeness (QED) is 0.649. The highest BCUT2D eigenvalue weighted by Crippen LogP contribution is 2.42. The minimum absolute atomic E-state index is 0.0460. The normalized spacial score (nSPS) is 25.3. The highest BCUT2D eigenvalue weighted by atomic mass is 32.2. The second-order valence-electron chi connectivity index (χ2n) is 5.90. The fourth-order valence-corrected chi connectivity index (χ4v) is 3.66. The number of rotatable bonds is 6. The van der Waals surface area contributed by atoms with E-state index in [4.69, 9.17) is 0 Å². The van der Waals surface area contributed by atoms with Crippen molar-refractivity contribution in [3.8, 4) is 0 Å². The highest BCUT2D eigenvalue weighted by Gasteiger charge is 2.55. The monoisotopic (exact) mass is 304 g/mol. The second-order valence-corrected chi connectivity index (χ2v) is 7.01. The van der Waals surface area contributed by atoms with Crippen molar-refractivity contribution >= 4 is 23.7 Å². The van der Waals surface area contributed by atoms with E-state index in [0.717, 1.165) is 24.3 Å². The van der Waals surface area contributed by atoms with Crippen LogP contribution in [0.2, 0.25) is 0 Å². The maximum absolute atomic E-state index is 12.4. The molecule has 1 saturated heterocycles. The number of benzene rings is 1. The molecule has 0 unspecified atom stereocenters. The molecule has 2 fully saturated rings. The average molecular weight is 304 g/mol. The number of hydrogen-bond acceptors (Lipinski definition) is 3. The Labute approximate surface area is 129 Å². The Morgan fingerprint density at radius 1 is 1.29 bits per heavy atom. The molecule has 3 rings (SSSR count). The Hall–Kier alpha value is -1.49. The zero-order chi connectivity index (χ0) is 14.9. The van der Waals surface area contributed by atoms with Gasteiger partial charge in [-0.05, 0) is 31.2 Å². The van der Waals surface area contributed by atoms with Gasteiger partial charge in [-0.1, -0.05) is 30.3 Å². The van der Waals surface area contributed by atoms with Gasteiger partial charge in [-0.15, -0.1) is 0 Å². The number of carbonyl (C=O) groups excluding carboxylic acids is 2. The van der Waals surface area contributed by atoms with E-state index in [9.17, 15) is 9.59 Å². The minimum atomic E-state index is -0.652. The fraction of sp³-hybridized carbons (Fsp3) is 0.500. The summed E-state index contributed by atoms with van der Waals surface area (Å²) in [7, 11) is 0. The maximum atomic E-state index is 12.4. The average Bonchev–Trinajstić information content (AvgIpc) is 3.29. The summed E-state index contributed by atoms with van der Waals surface area (Å²) in [6.45, 7) is 2.35. The zero-order valence-electron chi connectivity index (χ0n) is 12.2. The lowest BCUT2D eigenvalue weighted by Crippen LogP contribution is -2.46. The fourth-order valence-electron chi connectivity index (χ4n) is 2.78. The molecule has 1 aliphatic heterocycles.